The van der Waals surface area contributed by atoms with Crippen molar-refractivity contribution in [3.63, 3.8) is 0 Å². The van der Waals surface area contributed by atoms with Crippen LogP contribution in [-0.2, 0) is 14.3 Å². The maximum absolute atomic E-state index is 13.6. The molecule has 0 bridgehead atoms. The van der Waals surface area contributed by atoms with Gasteiger partial charge in [0.25, 0.3) is 11.8 Å². The lowest BCUT2D eigenvalue weighted by atomic mass is 10.0. The van der Waals surface area contributed by atoms with Crippen LogP contribution in [0.4, 0.5) is 10.7 Å². The SMILES string of the molecule is CCC(Sc1cccc(NC(=O)/C(=C\c2cccc(Cl)c2Cl)NC(=O)c2ccccc2)c1)C(=O)Nc1scc(-c2ccc(C)cc2)c1C(=O)OC. The van der Waals surface area contributed by atoms with Crippen LogP contribution in [0.5, 0.6) is 0 Å². The molecule has 0 aliphatic heterocycles. The van der Waals surface area contributed by atoms with Crippen LogP contribution in [0.2, 0.25) is 10.0 Å². The first kappa shape index (κ1) is 37.4. The molecule has 4 aromatic carbocycles. The average Bonchev–Trinajstić information content (AvgIpc) is 3.55. The first-order chi connectivity index (χ1) is 24.6. The number of esters is 1. The number of anilines is 2. The highest BCUT2D eigenvalue weighted by atomic mass is 35.5. The highest BCUT2D eigenvalue weighted by Gasteiger charge is 2.26. The fraction of sp³-hybridized carbons (Fsp3) is 0.128. The summed E-state index contributed by atoms with van der Waals surface area (Å²) in [7, 11) is 1.31. The Kier molecular flexibility index (Phi) is 12.7. The van der Waals surface area contributed by atoms with Gasteiger partial charge >= 0.3 is 5.97 Å². The van der Waals surface area contributed by atoms with Crippen molar-refractivity contribution in [2.24, 2.45) is 0 Å². The average molecular weight is 759 g/mol. The van der Waals surface area contributed by atoms with Gasteiger partial charge in [-0.1, -0.05) is 96.4 Å². The predicted molar refractivity (Wildman–Crippen MR) is 208 cm³/mol. The molecule has 8 nitrogen and oxygen atoms in total. The van der Waals surface area contributed by atoms with Crippen LogP contribution in [0.15, 0.2) is 113 Å². The number of ether oxygens (including phenoxy) is 1. The molecule has 0 saturated carbocycles. The van der Waals surface area contributed by atoms with Gasteiger partial charge in [-0.3, -0.25) is 14.4 Å². The first-order valence-corrected chi connectivity index (χ1v) is 18.3. The Morgan fingerprint density at radius 3 is 2.33 bits per heavy atom. The normalized spacial score (nSPS) is 11.7. The third kappa shape index (κ3) is 9.47. The maximum atomic E-state index is 13.6. The molecule has 0 fully saturated rings. The Balaban J connectivity index is 1.34. The number of halogens is 2. The lowest BCUT2D eigenvalue weighted by molar-refractivity contribution is -0.116. The van der Waals surface area contributed by atoms with E-state index in [1.165, 1.54) is 36.3 Å². The number of rotatable bonds is 12. The topological polar surface area (TPSA) is 114 Å². The van der Waals surface area contributed by atoms with Gasteiger partial charge in [-0.15, -0.1) is 23.1 Å². The smallest absolute Gasteiger partial charge is 0.341 e. The molecular formula is C39H33Cl2N3O5S2. The van der Waals surface area contributed by atoms with Gasteiger partial charge in [-0.05, 0) is 66.9 Å². The molecule has 5 rings (SSSR count). The number of carbonyl (C=O) groups is 4. The molecule has 12 heteroatoms. The van der Waals surface area contributed by atoms with E-state index in [4.69, 9.17) is 27.9 Å². The highest BCUT2D eigenvalue weighted by Crippen LogP contribution is 2.37. The number of hydrogen-bond acceptors (Lipinski definition) is 7. The van der Waals surface area contributed by atoms with Crippen molar-refractivity contribution in [1.29, 1.82) is 0 Å². The van der Waals surface area contributed by atoms with E-state index in [0.29, 0.717) is 49.3 Å². The van der Waals surface area contributed by atoms with Gasteiger partial charge in [0.05, 0.1) is 22.4 Å². The van der Waals surface area contributed by atoms with Gasteiger partial charge in [0.15, 0.2) is 0 Å². The number of amides is 3. The minimum atomic E-state index is -0.598. The molecule has 0 aliphatic carbocycles. The van der Waals surface area contributed by atoms with E-state index in [9.17, 15) is 19.2 Å². The van der Waals surface area contributed by atoms with E-state index >= 15 is 0 Å². The maximum Gasteiger partial charge on any atom is 0.341 e. The van der Waals surface area contributed by atoms with Crippen molar-refractivity contribution in [3.8, 4) is 11.1 Å². The van der Waals surface area contributed by atoms with E-state index in [1.807, 2.05) is 49.6 Å². The van der Waals surface area contributed by atoms with E-state index in [-0.39, 0.29) is 16.6 Å². The van der Waals surface area contributed by atoms with Crippen molar-refractivity contribution >= 4 is 86.8 Å². The molecule has 1 unspecified atom stereocenters. The van der Waals surface area contributed by atoms with E-state index in [2.05, 4.69) is 16.0 Å². The van der Waals surface area contributed by atoms with E-state index in [1.54, 1.807) is 66.7 Å². The van der Waals surface area contributed by atoms with Gasteiger partial charge in [0, 0.05) is 27.1 Å². The fourth-order valence-electron chi connectivity index (χ4n) is 4.95. The predicted octanol–water partition coefficient (Wildman–Crippen LogP) is 9.74. The molecule has 0 radical (unpaired) electrons. The monoisotopic (exact) mass is 757 g/mol. The Morgan fingerprint density at radius 2 is 1.63 bits per heavy atom. The summed E-state index contributed by atoms with van der Waals surface area (Å²) in [6.45, 7) is 3.88. The van der Waals surface area contributed by atoms with E-state index < -0.39 is 23.0 Å². The summed E-state index contributed by atoms with van der Waals surface area (Å²) >= 11 is 15.2. The molecule has 0 aliphatic rings. The molecule has 1 heterocycles. The minimum Gasteiger partial charge on any atom is -0.465 e. The Bertz CT molecular complexity index is 2100. The number of methoxy groups -OCH3 is 1. The lowest BCUT2D eigenvalue weighted by Gasteiger charge is -2.16. The second-order valence-corrected chi connectivity index (χ2v) is 14.2. The Hall–Kier alpha value is -4.87. The van der Waals surface area contributed by atoms with E-state index in [0.717, 1.165) is 11.1 Å². The molecule has 0 saturated heterocycles. The van der Waals surface area contributed by atoms with Crippen LogP contribution in [0.3, 0.4) is 0 Å². The summed E-state index contributed by atoms with van der Waals surface area (Å²) in [5.41, 5.74) is 4.09. The number of thiophene rings is 1. The fourth-order valence-corrected chi connectivity index (χ4v) is 7.29. The van der Waals surface area contributed by atoms with Crippen molar-refractivity contribution in [2.45, 2.75) is 30.4 Å². The quantitative estimate of drug-likeness (QED) is 0.0664. The van der Waals surface area contributed by atoms with Crippen LogP contribution >= 0.6 is 46.3 Å². The Labute approximate surface area is 314 Å². The van der Waals surface area contributed by atoms with Crippen LogP contribution in [0, 0.1) is 6.92 Å². The molecule has 5 aromatic rings. The van der Waals surface area contributed by atoms with Crippen molar-refractivity contribution < 1.29 is 23.9 Å². The summed E-state index contributed by atoms with van der Waals surface area (Å²) in [4.78, 5) is 53.9. The summed E-state index contributed by atoms with van der Waals surface area (Å²) in [6.07, 6.45) is 1.94. The van der Waals surface area contributed by atoms with Crippen LogP contribution in [0.25, 0.3) is 17.2 Å². The van der Waals surface area contributed by atoms with Crippen molar-refractivity contribution in [1.82, 2.24) is 5.32 Å². The van der Waals surface area contributed by atoms with Crippen LogP contribution < -0.4 is 16.0 Å². The second kappa shape index (κ2) is 17.4. The summed E-state index contributed by atoms with van der Waals surface area (Å²) in [5.74, 6) is -1.91. The number of benzene rings is 4. The van der Waals surface area contributed by atoms with Gasteiger partial charge in [0.2, 0.25) is 5.91 Å². The molecule has 0 spiro atoms. The molecular weight excluding hydrogens is 725 g/mol. The van der Waals surface area contributed by atoms with Gasteiger partial charge in [-0.25, -0.2) is 4.79 Å². The zero-order valence-electron chi connectivity index (χ0n) is 27.8. The largest absolute Gasteiger partial charge is 0.465 e. The summed E-state index contributed by atoms with van der Waals surface area (Å²) < 4.78 is 5.07. The van der Waals surface area contributed by atoms with Crippen LogP contribution in [-0.4, -0.2) is 36.1 Å². The summed E-state index contributed by atoms with van der Waals surface area (Å²) in [6, 6.07) is 28.3. The zero-order chi connectivity index (χ0) is 36.5. The first-order valence-electron chi connectivity index (χ1n) is 15.8. The zero-order valence-corrected chi connectivity index (χ0v) is 30.9. The van der Waals surface area contributed by atoms with Crippen molar-refractivity contribution in [3.05, 3.63) is 140 Å². The standard InChI is InChI=1S/C39H33Cl2N3O5S2/c1-4-32(37(47)44-38-33(39(48)49-3)29(22-50-38)24-18-16-23(2)17-19-24)51-28-14-9-13-27(21-28)42-36(46)31(20-26-12-8-15-30(40)34(26)41)43-35(45)25-10-6-5-7-11-25/h5-22,32H,4H2,1-3H3,(H,42,46)(H,43,45)(H,44,47)/b31-20+. The number of aryl methyl sites for hydroxylation is 1. The van der Waals surface area contributed by atoms with Gasteiger partial charge in [0.1, 0.15) is 16.3 Å². The molecule has 3 amide bonds. The number of nitrogens with one attached hydrogen (secondary N) is 3. The number of thioether (sulfide) groups is 1. The Morgan fingerprint density at radius 1 is 0.902 bits per heavy atom. The van der Waals surface area contributed by atoms with Gasteiger partial charge in [-0.2, -0.15) is 0 Å². The van der Waals surface area contributed by atoms with Crippen LogP contribution in [0.1, 0.15) is 45.2 Å². The molecule has 51 heavy (non-hydrogen) atoms. The highest BCUT2D eigenvalue weighted by molar-refractivity contribution is 8.00. The number of hydrogen-bond donors (Lipinski definition) is 3. The molecule has 260 valence electrons. The third-order valence-electron chi connectivity index (χ3n) is 7.62. The second-order valence-electron chi connectivity index (χ2n) is 11.2. The molecule has 3 N–H and O–H groups in total. The summed E-state index contributed by atoms with van der Waals surface area (Å²) in [5, 5.41) is 10.7. The van der Waals surface area contributed by atoms with Gasteiger partial charge < -0.3 is 20.7 Å². The number of carbonyl (C=O) groups excluding carboxylic acids is 4. The minimum absolute atomic E-state index is 0.0562. The molecule has 1 atom stereocenters. The molecule has 1 aromatic heterocycles. The lowest BCUT2D eigenvalue weighted by Crippen LogP contribution is -2.30. The third-order valence-corrected chi connectivity index (χ3v) is 10.7. The van der Waals surface area contributed by atoms with Crippen molar-refractivity contribution in [2.75, 3.05) is 17.7 Å².